The van der Waals surface area contributed by atoms with Crippen LogP contribution in [0.2, 0.25) is 0 Å². The second-order valence-corrected chi connectivity index (χ2v) is 5.83. The number of para-hydroxylation sites is 1. The molecule has 1 amide bonds. The molecule has 1 aliphatic rings. The van der Waals surface area contributed by atoms with Gasteiger partial charge in [0.25, 0.3) is 5.91 Å². The summed E-state index contributed by atoms with van der Waals surface area (Å²) in [5.74, 6) is -0.595. The Hall–Kier alpha value is -1.56. The first-order valence-corrected chi connectivity index (χ1v) is 7.20. The predicted molar refractivity (Wildman–Crippen MR) is 76.6 cm³/mol. The first-order chi connectivity index (χ1) is 9.51. The molecule has 108 valence electrons. The number of amides is 1. The summed E-state index contributed by atoms with van der Waals surface area (Å²) in [5, 5.41) is 11.7. The summed E-state index contributed by atoms with van der Waals surface area (Å²) in [6.07, 6.45) is 2.33. The molecule has 1 aromatic carbocycles. The van der Waals surface area contributed by atoms with Crippen molar-refractivity contribution in [1.29, 1.82) is 0 Å². The van der Waals surface area contributed by atoms with Crippen LogP contribution in [0, 0.1) is 0 Å². The first-order valence-electron chi connectivity index (χ1n) is 6.41. The fraction of sp³-hybridized carbons (Fsp3) is 0.429. The third-order valence-electron chi connectivity index (χ3n) is 3.40. The molecule has 0 heterocycles. The fourth-order valence-electron chi connectivity index (χ4n) is 2.28. The van der Waals surface area contributed by atoms with Crippen LogP contribution in [0.3, 0.4) is 0 Å². The van der Waals surface area contributed by atoms with E-state index in [1.807, 2.05) is 18.2 Å². The van der Waals surface area contributed by atoms with Crippen molar-refractivity contribution in [2.45, 2.75) is 31.2 Å². The Morgan fingerprint density at radius 1 is 1.35 bits per heavy atom. The van der Waals surface area contributed by atoms with E-state index < -0.39 is 11.5 Å². The van der Waals surface area contributed by atoms with Gasteiger partial charge in [-0.2, -0.15) is 0 Å². The molecule has 2 N–H and O–H groups in total. The van der Waals surface area contributed by atoms with Gasteiger partial charge in [-0.15, -0.1) is 0 Å². The zero-order chi connectivity index (χ0) is 14.6. The van der Waals surface area contributed by atoms with Crippen LogP contribution in [0.25, 0.3) is 0 Å². The number of carboxylic acids is 1. The number of carboxylic acid groups (broad SMARTS) is 1. The lowest BCUT2D eigenvalue weighted by atomic mass is 9.74. The SMILES string of the molecule is O=C(O)CC1(NC(=O)COc2ccccc2Br)CCC1. The summed E-state index contributed by atoms with van der Waals surface area (Å²) in [7, 11) is 0. The van der Waals surface area contributed by atoms with Crippen LogP contribution in [0.4, 0.5) is 0 Å². The summed E-state index contributed by atoms with van der Waals surface area (Å²) in [4.78, 5) is 22.7. The van der Waals surface area contributed by atoms with E-state index in [4.69, 9.17) is 9.84 Å². The van der Waals surface area contributed by atoms with E-state index in [2.05, 4.69) is 21.2 Å². The molecule has 1 saturated carbocycles. The highest BCUT2D eigenvalue weighted by molar-refractivity contribution is 9.10. The van der Waals surface area contributed by atoms with Crippen LogP contribution < -0.4 is 10.1 Å². The zero-order valence-electron chi connectivity index (χ0n) is 10.9. The Morgan fingerprint density at radius 3 is 2.60 bits per heavy atom. The van der Waals surface area contributed by atoms with Crippen molar-refractivity contribution >= 4 is 27.8 Å². The van der Waals surface area contributed by atoms with Gasteiger partial charge in [0, 0.05) is 0 Å². The standard InChI is InChI=1S/C14H16BrNO4/c15-10-4-1-2-5-11(10)20-9-12(17)16-14(6-3-7-14)8-13(18)19/h1-2,4-5H,3,6-9H2,(H,16,17)(H,18,19). The summed E-state index contributed by atoms with van der Waals surface area (Å²) in [5.41, 5.74) is -0.583. The highest BCUT2D eigenvalue weighted by atomic mass is 79.9. The Labute approximate surface area is 125 Å². The molecule has 0 unspecified atom stereocenters. The molecular formula is C14H16BrNO4. The normalized spacial score (nSPS) is 16.1. The number of aliphatic carboxylic acids is 1. The van der Waals surface area contributed by atoms with Gasteiger partial charge in [0.2, 0.25) is 0 Å². The molecule has 1 fully saturated rings. The van der Waals surface area contributed by atoms with E-state index in [1.54, 1.807) is 6.07 Å². The maximum absolute atomic E-state index is 11.9. The molecule has 0 bridgehead atoms. The lowest BCUT2D eigenvalue weighted by molar-refractivity contribution is -0.140. The van der Waals surface area contributed by atoms with Crippen LogP contribution in [0.1, 0.15) is 25.7 Å². The second-order valence-electron chi connectivity index (χ2n) is 4.97. The van der Waals surface area contributed by atoms with Gasteiger partial charge in [0.15, 0.2) is 6.61 Å². The number of hydrogen-bond acceptors (Lipinski definition) is 3. The van der Waals surface area contributed by atoms with Crippen LogP contribution in [-0.4, -0.2) is 29.1 Å². The zero-order valence-corrected chi connectivity index (χ0v) is 12.5. The van der Waals surface area contributed by atoms with E-state index in [1.165, 1.54) is 0 Å². The van der Waals surface area contributed by atoms with Crippen molar-refractivity contribution < 1.29 is 19.4 Å². The number of rotatable bonds is 6. The number of hydrogen-bond donors (Lipinski definition) is 2. The quantitative estimate of drug-likeness (QED) is 0.832. The predicted octanol–water partition coefficient (Wildman–Crippen LogP) is 2.34. The van der Waals surface area contributed by atoms with E-state index >= 15 is 0 Å². The van der Waals surface area contributed by atoms with Gasteiger partial charge in [-0.1, -0.05) is 12.1 Å². The number of benzene rings is 1. The van der Waals surface area contributed by atoms with Gasteiger partial charge < -0.3 is 15.2 Å². The molecule has 2 rings (SSSR count). The van der Waals surface area contributed by atoms with E-state index in [9.17, 15) is 9.59 Å². The summed E-state index contributed by atoms with van der Waals surface area (Å²) < 4.78 is 6.19. The third kappa shape index (κ3) is 3.72. The van der Waals surface area contributed by atoms with Crippen molar-refractivity contribution in [1.82, 2.24) is 5.32 Å². The highest BCUT2D eigenvalue weighted by Gasteiger charge is 2.40. The van der Waals surface area contributed by atoms with Crippen molar-refractivity contribution in [3.63, 3.8) is 0 Å². The van der Waals surface area contributed by atoms with Crippen LogP contribution >= 0.6 is 15.9 Å². The molecule has 6 heteroatoms. The second kappa shape index (κ2) is 6.26. The first kappa shape index (κ1) is 14.8. The minimum Gasteiger partial charge on any atom is -0.483 e. The molecule has 5 nitrogen and oxygen atoms in total. The summed E-state index contributed by atoms with van der Waals surface area (Å²) >= 11 is 3.33. The molecular weight excluding hydrogens is 326 g/mol. The van der Waals surface area contributed by atoms with Gasteiger partial charge in [0.05, 0.1) is 16.4 Å². The number of nitrogens with one attached hydrogen (secondary N) is 1. The Kier molecular flexibility index (Phi) is 4.65. The average Bonchev–Trinajstić information content (AvgIpc) is 2.34. The lowest BCUT2D eigenvalue weighted by Gasteiger charge is -2.41. The van der Waals surface area contributed by atoms with Crippen LogP contribution in [0.15, 0.2) is 28.7 Å². The Balaban J connectivity index is 1.86. The van der Waals surface area contributed by atoms with Crippen molar-refractivity contribution in [3.8, 4) is 5.75 Å². The van der Waals surface area contributed by atoms with Gasteiger partial charge >= 0.3 is 5.97 Å². The minimum absolute atomic E-state index is 0.0340. The van der Waals surface area contributed by atoms with Crippen molar-refractivity contribution in [2.75, 3.05) is 6.61 Å². The van der Waals surface area contributed by atoms with E-state index in [-0.39, 0.29) is 18.9 Å². The van der Waals surface area contributed by atoms with Gasteiger partial charge in [0.1, 0.15) is 5.75 Å². The molecule has 0 atom stereocenters. The van der Waals surface area contributed by atoms with Crippen LogP contribution in [0.5, 0.6) is 5.75 Å². The van der Waals surface area contributed by atoms with Gasteiger partial charge in [-0.3, -0.25) is 9.59 Å². The van der Waals surface area contributed by atoms with E-state index in [0.717, 1.165) is 10.9 Å². The summed E-state index contributed by atoms with van der Waals surface area (Å²) in [6.45, 7) is -0.121. The maximum Gasteiger partial charge on any atom is 0.305 e. The van der Waals surface area contributed by atoms with Crippen molar-refractivity contribution in [2.24, 2.45) is 0 Å². The summed E-state index contributed by atoms with van der Waals surface area (Å²) in [6, 6.07) is 7.25. The fourth-order valence-corrected chi connectivity index (χ4v) is 2.68. The molecule has 1 aliphatic carbocycles. The number of ether oxygens (including phenoxy) is 1. The molecule has 0 aliphatic heterocycles. The smallest absolute Gasteiger partial charge is 0.305 e. The molecule has 0 aromatic heterocycles. The topological polar surface area (TPSA) is 75.6 Å². The number of carbonyl (C=O) groups excluding carboxylic acids is 1. The van der Waals surface area contributed by atoms with E-state index in [0.29, 0.717) is 18.6 Å². The lowest BCUT2D eigenvalue weighted by Crippen LogP contribution is -2.55. The largest absolute Gasteiger partial charge is 0.483 e. The minimum atomic E-state index is -0.892. The molecule has 0 saturated heterocycles. The van der Waals surface area contributed by atoms with Crippen LogP contribution in [-0.2, 0) is 9.59 Å². The number of halogens is 1. The van der Waals surface area contributed by atoms with Crippen molar-refractivity contribution in [3.05, 3.63) is 28.7 Å². The van der Waals surface area contributed by atoms with Gasteiger partial charge in [-0.25, -0.2) is 0 Å². The Bertz CT molecular complexity index is 514. The Morgan fingerprint density at radius 2 is 2.05 bits per heavy atom. The molecule has 0 spiro atoms. The average molecular weight is 342 g/mol. The molecule has 20 heavy (non-hydrogen) atoms. The number of carbonyl (C=O) groups is 2. The maximum atomic E-state index is 11.9. The monoisotopic (exact) mass is 341 g/mol. The van der Waals surface area contributed by atoms with Gasteiger partial charge in [-0.05, 0) is 47.3 Å². The molecule has 1 aromatic rings. The third-order valence-corrected chi connectivity index (χ3v) is 4.06. The highest BCUT2D eigenvalue weighted by Crippen LogP contribution is 2.34. The molecule has 0 radical (unpaired) electrons.